The van der Waals surface area contributed by atoms with E-state index in [0.29, 0.717) is 0 Å². The fourth-order valence-electron chi connectivity index (χ4n) is 1.68. The summed E-state index contributed by atoms with van der Waals surface area (Å²) in [7, 11) is 0. The second-order valence-corrected chi connectivity index (χ2v) is 6.21. The summed E-state index contributed by atoms with van der Waals surface area (Å²) in [5.41, 5.74) is -0.299. The van der Waals surface area contributed by atoms with E-state index >= 15 is 0 Å². The number of carbonyl (C=O) groups is 3. The number of hydrogen-bond acceptors (Lipinski definition) is 3. The summed E-state index contributed by atoms with van der Waals surface area (Å²) in [5.74, 6) is -1.08. The standard InChI is InChI=1S/C14H27N3O4/c1-10(2)17(9-7-12(19)20)13(21)15-8-6-11(18)16-14(3,4)5/h10H,6-9H2,1-5H3,(H,15,21)(H,16,18)(H,19,20). The van der Waals surface area contributed by atoms with Gasteiger partial charge in [-0.15, -0.1) is 0 Å². The van der Waals surface area contributed by atoms with Gasteiger partial charge >= 0.3 is 12.0 Å². The lowest BCUT2D eigenvalue weighted by Gasteiger charge is -2.26. The van der Waals surface area contributed by atoms with E-state index in [2.05, 4.69) is 10.6 Å². The first-order valence-electron chi connectivity index (χ1n) is 7.10. The van der Waals surface area contributed by atoms with E-state index in [4.69, 9.17) is 5.11 Å². The van der Waals surface area contributed by atoms with Gasteiger partial charge in [0.25, 0.3) is 0 Å². The van der Waals surface area contributed by atoms with Crippen LogP contribution in [0.1, 0.15) is 47.5 Å². The van der Waals surface area contributed by atoms with Crippen LogP contribution in [0.15, 0.2) is 0 Å². The SMILES string of the molecule is CC(C)N(CCC(=O)O)C(=O)NCCC(=O)NC(C)(C)C. The Morgan fingerprint density at radius 1 is 1.14 bits per heavy atom. The van der Waals surface area contributed by atoms with Gasteiger partial charge in [0.05, 0.1) is 6.42 Å². The van der Waals surface area contributed by atoms with E-state index in [1.54, 1.807) is 0 Å². The van der Waals surface area contributed by atoms with Gasteiger partial charge < -0.3 is 20.6 Å². The van der Waals surface area contributed by atoms with Gasteiger partial charge in [-0.2, -0.15) is 0 Å². The van der Waals surface area contributed by atoms with E-state index in [-0.39, 0.29) is 49.5 Å². The van der Waals surface area contributed by atoms with Crippen molar-refractivity contribution in [3.63, 3.8) is 0 Å². The summed E-state index contributed by atoms with van der Waals surface area (Å²) >= 11 is 0. The molecule has 0 atom stereocenters. The zero-order valence-electron chi connectivity index (χ0n) is 13.5. The molecule has 0 aliphatic carbocycles. The minimum absolute atomic E-state index is 0.101. The molecule has 0 spiro atoms. The van der Waals surface area contributed by atoms with E-state index in [0.717, 1.165) is 0 Å². The molecule has 0 radical (unpaired) electrons. The van der Waals surface area contributed by atoms with E-state index in [1.165, 1.54) is 4.90 Å². The van der Waals surface area contributed by atoms with Gasteiger partial charge in [0.2, 0.25) is 5.91 Å². The molecule has 122 valence electrons. The van der Waals surface area contributed by atoms with Crippen molar-refractivity contribution >= 4 is 17.9 Å². The number of nitrogens with zero attached hydrogens (tertiary/aromatic N) is 1. The summed E-state index contributed by atoms with van der Waals surface area (Å²) in [6, 6.07) is -0.456. The number of nitrogens with one attached hydrogen (secondary N) is 2. The first kappa shape index (κ1) is 19.2. The molecule has 0 saturated heterocycles. The Labute approximate surface area is 126 Å². The monoisotopic (exact) mass is 301 g/mol. The van der Waals surface area contributed by atoms with Crippen LogP contribution in [0.2, 0.25) is 0 Å². The Morgan fingerprint density at radius 3 is 2.14 bits per heavy atom. The van der Waals surface area contributed by atoms with E-state index in [1.807, 2.05) is 34.6 Å². The van der Waals surface area contributed by atoms with Crippen molar-refractivity contribution in [2.45, 2.75) is 59.0 Å². The molecular weight excluding hydrogens is 274 g/mol. The number of carboxylic acids is 1. The maximum atomic E-state index is 12.0. The highest BCUT2D eigenvalue weighted by molar-refractivity contribution is 5.79. The number of rotatable bonds is 7. The van der Waals surface area contributed by atoms with Crippen molar-refractivity contribution in [2.24, 2.45) is 0 Å². The molecule has 7 heteroatoms. The molecule has 0 fully saturated rings. The normalized spacial score (nSPS) is 11.1. The van der Waals surface area contributed by atoms with Gasteiger partial charge in [0.15, 0.2) is 0 Å². The van der Waals surface area contributed by atoms with Crippen LogP contribution in [0.5, 0.6) is 0 Å². The van der Waals surface area contributed by atoms with Crippen molar-refractivity contribution < 1.29 is 19.5 Å². The summed E-state index contributed by atoms with van der Waals surface area (Å²) in [6.45, 7) is 9.65. The predicted molar refractivity (Wildman–Crippen MR) is 80.0 cm³/mol. The summed E-state index contributed by atoms with van der Waals surface area (Å²) in [4.78, 5) is 35.6. The van der Waals surface area contributed by atoms with E-state index in [9.17, 15) is 14.4 Å². The van der Waals surface area contributed by atoms with Crippen LogP contribution in [0, 0.1) is 0 Å². The van der Waals surface area contributed by atoms with Crippen LogP contribution >= 0.6 is 0 Å². The quantitative estimate of drug-likeness (QED) is 0.657. The number of amides is 3. The molecule has 7 nitrogen and oxygen atoms in total. The fraction of sp³-hybridized carbons (Fsp3) is 0.786. The molecule has 0 aromatic rings. The van der Waals surface area contributed by atoms with Crippen LogP contribution in [-0.2, 0) is 9.59 Å². The van der Waals surface area contributed by atoms with Crippen LogP contribution < -0.4 is 10.6 Å². The van der Waals surface area contributed by atoms with E-state index < -0.39 is 5.97 Å². The van der Waals surface area contributed by atoms with Crippen molar-refractivity contribution in [2.75, 3.05) is 13.1 Å². The number of carboxylic acid groups (broad SMARTS) is 1. The van der Waals surface area contributed by atoms with Crippen molar-refractivity contribution in [1.29, 1.82) is 0 Å². The molecule has 3 amide bonds. The van der Waals surface area contributed by atoms with Crippen molar-refractivity contribution in [1.82, 2.24) is 15.5 Å². The van der Waals surface area contributed by atoms with Gasteiger partial charge in [-0.05, 0) is 34.6 Å². The second kappa shape index (κ2) is 8.49. The summed E-state index contributed by atoms with van der Waals surface area (Å²) < 4.78 is 0. The number of aliphatic carboxylic acids is 1. The Morgan fingerprint density at radius 2 is 1.71 bits per heavy atom. The maximum absolute atomic E-state index is 12.0. The van der Waals surface area contributed by atoms with Crippen molar-refractivity contribution in [3.8, 4) is 0 Å². The van der Waals surface area contributed by atoms with Gasteiger partial charge in [-0.3, -0.25) is 9.59 Å². The van der Waals surface area contributed by atoms with Crippen LogP contribution in [0.3, 0.4) is 0 Å². The second-order valence-electron chi connectivity index (χ2n) is 6.21. The first-order valence-corrected chi connectivity index (χ1v) is 7.10. The highest BCUT2D eigenvalue weighted by Crippen LogP contribution is 2.01. The largest absolute Gasteiger partial charge is 0.481 e. The van der Waals surface area contributed by atoms with Crippen LogP contribution in [-0.4, -0.2) is 52.6 Å². The highest BCUT2D eigenvalue weighted by atomic mass is 16.4. The fourth-order valence-corrected chi connectivity index (χ4v) is 1.68. The van der Waals surface area contributed by atoms with Gasteiger partial charge in [0, 0.05) is 31.1 Å². The van der Waals surface area contributed by atoms with Gasteiger partial charge in [0.1, 0.15) is 0 Å². The molecular formula is C14H27N3O4. The molecule has 0 aliphatic rings. The predicted octanol–water partition coefficient (Wildman–Crippen LogP) is 1.19. The van der Waals surface area contributed by atoms with Gasteiger partial charge in [-0.1, -0.05) is 0 Å². The lowest BCUT2D eigenvalue weighted by molar-refractivity contribution is -0.137. The Balaban J connectivity index is 4.20. The Bertz CT molecular complexity index is 375. The Hall–Kier alpha value is -1.79. The molecule has 3 N–H and O–H groups in total. The topological polar surface area (TPSA) is 98.7 Å². The maximum Gasteiger partial charge on any atom is 0.317 e. The molecule has 0 bridgehead atoms. The van der Waals surface area contributed by atoms with Gasteiger partial charge in [-0.25, -0.2) is 4.79 Å². The minimum Gasteiger partial charge on any atom is -0.481 e. The lowest BCUT2D eigenvalue weighted by Crippen LogP contribution is -2.46. The molecule has 0 aromatic carbocycles. The third-order valence-corrected chi connectivity index (χ3v) is 2.59. The van der Waals surface area contributed by atoms with Crippen LogP contribution in [0.25, 0.3) is 0 Å². The third-order valence-electron chi connectivity index (χ3n) is 2.59. The highest BCUT2D eigenvalue weighted by Gasteiger charge is 2.18. The summed E-state index contributed by atoms with van der Waals surface area (Å²) in [6.07, 6.45) is 0.0873. The molecule has 0 aliphatic heterocycles. The number of urea groups is 1. The molecule has 0 aromatic heterocycles. The molecule has 0 unspecified atom stereocenters. The average molecular weight is 301 g/mol. The van der Waals surface area contributed by atoms with Crippen molar-refractivity contribution in [3.05, 3.63) is 0 Å². The zero-order valence-corrected chi connectivity index (χ0v) is 13.5. The molecule has 0 heterocycles. The third kappa shape index (κ3) is 9.70. The zero-order chi connectivity index (χ0) is 16.6. The minimum atomic E-state index is -0.946. The smallest absolute Gasteiger partial charge is 0.317 e. The lowest BCUT2D eigenvalue weighted by atomic mass is 10.1. The first-order chi connectivity index (χ1) is 9.53. The molecule has 0 saturated carbocycles. The Kier molecular flexibility index (Phi) is 7.76. The summed E-state index contributed by atoms with van der Waals surface area (Å²) in [5, 5.41) is 14.1. The van der Waals surface area contributed by atoms with Crippen LogP contribution in [0.4, 0.5) is 4.79 Å². The average Bonchev–Trinajstić information content (AvgIpc) is 2.25. The molecule has 21 heavy (non-hydrogen) atoms. The number of hydrogen-bond donors (Lipinski definition) is 3. The molecule has 0 rings (SSSR count). The number of carbonyl (C=O) groups excluding carboxylic acids is 2.